The summed E-state index contributed by atoms with van der Waals surface area (Å²) in [5.41, 5.74) is -0.868. The van der Waals surface area contributed by atoms with E-state index in [-0.39, 0.29) is 0 Å². The lowest BCUT2D eigenvalue weighted by Gasteiger charge is -2.25. The van der Waals surface area contributed by atoms with Gasteiger partial charge in [-0.05, 0) is 0 Å². The highest BCUT2D eigenvalue weighted by Crippen LogP contribution is 2.20. The van der Waals surface area contributed by atoms with Crippen molar-refractivity contribution in [2.45, 2.75) is 10.8 Å². The van der Waals surface area contributed by atoms with E-state index in [2.05, 4.69) is 0 Å². The highest BCUT2D eigenvalue weighted by molar-refractivity contribution is 6.65. The first-order valence-electron chi connectivity index (χ1n) is 1.82. The van der Waals surface area contributed by atoms with Gasteiger partial charge >= 0.3 is 0 Å². The molecular weight excluding hydrogens is 78.1 g/mol. The molecule has 0 spiro atoms. The van der Waals surface area contributed by atoms with Crippen molar-refractivity contribution in [2.75, 3.05) is 0 Å². The van der Waals surface area contributed by atoms with Crippen LogP contribution in [-0.4, -0.2) is 39.2 Å². The molecular formula is C2HB5. The Hall–Kier alpha value is 0.325. The van der Waals surface area contributed by atoms with E-state index in [1.165, 1.54) is 0 Å². The maximum atomic E-state index is 4.98. The van der Waals surface area contributed by atoms with Gasteiger partial charge in [0, 0.05) is 23.5 Å². The summed E-state index contributed by atoms with van der Waals surface area (Å²) in [4.78, 5) is 0. The van der Waals surface area contributed by atoms with Crippen molar-refractivity contribution in [1.29, 1.82) is 0 Å². The Balaban J connectivity index is 3.54. The Morgan fingerprint density at radius 1 is 1.00 bits per heavy atom. The standard InChI is InChI=1S/C2HB5/c3-1(4)2(5,6)7/h1H. The predicted octanol–water partition coefficient (Wildman–Crippen LogP) is -1.35. The molecule has 0 heterocycles. The molecule has 0 saturated carbocycles. The van der Waals surface area contributed by atoms with Crippen LogP contribution >= 0.6 is 0 Å². The lowest BCUT2D eigenvalue weighted by atomic mass is 9.30. The number of rotatable bonds is 1. The molecule has 7 heavy (non-hydrogen) atoms. The Morgan fingerprint density at radius 2 is 1.14 bits per heavy atom. The molecule has 24 valence electrons. The lowest BCUT2D eigenvalue weighted by Crippen LogP contribution is -2.20. The van der Waals surface area contributed by atoms with E-state index in [1.807, 2.05) is 0 Å². The summed E-state index contributed by atoms with van der Waals surface area (Å²) in [5, 5.41) is -1.44. The zero-order valence-corrected chi connectivity index (χ0v) is 3.96. The normalized spacial score (nSPS) is 12.1. The molecule has 0 aliphatic rings. The van der Waals surface area contributed by atoms with Gasteiger partial charge in [0.1, 0.15) is 0 Å². The van der Waals surface area contributed by atoms with E-state index in [0.29, 0.717) is 0 Å². The first-order valence-corrected chi connectivity index (χ1v) is 1.82. The minimum absolute atomic E-state index is 0.868. The molecule has 0 aromatic rings. The van der Waals surface area contributed by atoms with E-state index in [9.17, 15) is 0 Å². The van der Waals surface area contributed by atoms with Gasteiger partial charge in [0.05, 0.1) is 15.7 Å². The Kier molecular flexibility index (Phi) is 2.16. The molecule has 0 unspecified atom stereocenters. The average Bonchev–Trinajstić information content (AvgIpc) is 1.31. The van der Waals surface area contributed by atoms with Crippen molar-refractivity contribution < 1.29 is 0 Å². The summed E-state index contributed by atoms with van der Waals surface area (Å²) in [6.07, 6.45) is 0. The number of hydrogen-bond acceptors (Lipinski definition) is 0. The van der Waals surface area contributed by atoms with Gasteiger partial charge in [-0.25, -0.2) is 0 Å². The van der Waals surface area contributed by atoms with Crippen molar-refractivity contribution in [3.8, 4) is 0 Å². The minimum atomic E-state index is -1.44. The van der Waals surface area contributed by atoms with Gasteiger partial charge in [-0.3, -0.25) is 0 Å². The predicted molar refractivity (Wildman–Crippen MR) is 35.2 cm³/mol. The maximum absolute atomic E-state index is 4.98. The van der Waals surface area contributed by atoms with Crippen LogP contribution in [0.25, 0.3) is 0 Å². The van der Waals surface area contributed by atoms with Crippen LogP contribution in [0.3, 0.4) is 0 Å². The third-order valence-corrected chi connectivity index (χ3v) is 0.577. The SMILES string of the molecule is [B]C([B])C([B])([B])[B]. The highest BCUT2D eigenvalue weighted by Gasteiger charge is 2.11. The summed E-state index contributed by atoms with van der Waals surface area (Å²) in [5.74, 6) is 0. The maximum Gasteiger partial charge on any atom is 0.0554 e. The average molecular weight is 79.1 g/mol. The Labute approximate surface area is 50.9 Å². The summed E-state index contributed by atoms with van der Waals surface area (Å²) in [6.45, 7) is 0. The molecule has 0 amide bonds. The summed E-state index contributed by atoms with van der Waals surface area (Å²) >= 11 is 0. The summed E-state index contributed by atoms with van der Waals surface area (Å²) in [7, 11) is 24.9. The molecule has 0 rings (SSSR count). The van der Waals surface area contributed by atoms with Gasteiger partial charge in [-0.1, -0.05) is 0 Å². The topological polar surface area (TPSA) is 0 Å². The van der Waals surface area contributed by atoms with Crippen molar-refractivity contribution in [1.82, 2.24) is 0 Å². The third kappa shape index (κ3) is 2.96. The van der Waals surface area contributed by atoms with Gasteiger partial charge in [0.25, 0.3) is 0 Å². The fraction of sp³-hybridized carbons (Fsp3) is 1.00. The monoisotopic (exact) mass is 80.1 g/mol. The van der Waals surface area contributed by atoms with Gasteiger partial charge in [-0.15, -0.1) is 10.8 Å². The quantitative estimate of drug-likeness (QED) is 0.341. The first kappa shape index (κ1) is 7.32. The van der Waals surface area contributed by atoms with Gasteiger partial charge in [0.2, 0.25) is 0 Å². The van der Waals surface area contributed by atoms with Gasteiger partial charge in [-0.2, -0.15) is 0 Å². The van der Waals surface area contributed by atoms with Crippen LogP contribution in [0.5, 0.6) is 0 Å². The largest absolute Gasteiger partial charge is 0.142 e. The molecule has 0 N–H and O–H groups in total. The second-order valence-corrected chi connectivity index (χ2v) is 1.53. The van der Waals surface area contributed by atoms with Crippen LogP contribution in [0.1, 0.15) is 0 Å². The number of hydrogen-bond donors (Lipinski definition) is 0. The van der Waals surface area contributed by atoms with Crippen LogP contribution in [0.4, 0.5) is 0 Å². The first-order chi connectivity index (χ1) is 2.94. The van der Waals surface area contributed by atoms with E-state index in [4.69, 9.17) is 39.2 Å². The van der Waals surface area contributed by atoms with Crippen LogP contribution in [0, 0.1) is 0 Å². The fourth-order valence-electron chi connectivity index (χ4n) is 0. The Morgan fingerprint density at radius 3 is 1.14 bits per heavy atom. The van der Waals surface area contributed by atoms with E-state index in [1.54, 1.807) is 0 Å². The second kappa shape index (κ2) is 2.06. The smallest absolute Gasteiger partial charge is 0.0554 e. The molecule has 10 radical (unpaired) electrons. The molecule has 0 aliphatic carbocycles. The fourth-order valence-corrected chi connectivity index (χ4v) is 0. The van der Waals surface area contributed by atoms with Crippen molar-refractivity contribution in [2.24, 2.45) is 0 Å². The van der Waals surface area contributed by atoms with E-state index >= 15 is 0 Å². The molecule has 0 aromatic carbocycles. The summed E-state index contributed by atoms with van der Waals surface area (Å²) in [6, 6.07) is 0. The molecule has 0 nitrogen and oxygen atoms in total. The molecule has 0 atom stereocenters. The van der Waals surface area contributed by atoms with E-state index in [0.717, 1.165) is 0 Å². The minimum Gasteiger partial charge on any atom is -0.142 e. The molecule has 0 fully saturated rings. The second-order valence-electron chi connectivity index (χ2n) is 1.53. The zero-order chi connectivity index (χ0) is 6.08. The van der Waals surface area contributed by atoms with Gasteiger partial charge in [0.15, 0.2) is 0 Å². The molecule has 0 bridgehead atoms. The van der Waals surface area contributed by atoms with Crippen molar-refractivity contribution >= 4 is 39.2 Å². The lowest BCUT2D eigenvalue weighted by molar-refractivity contribution is 1.15. The van der Waals surface area contributed by atoms with Crippen molar-refractivity contribution in [3.05, 3.63) is 0 Å². The molecule has 0 aliphatic heterocycles. The van der Waals surface area contributed by atoms with Crippen LogP contribution < -0.4 is 0 Å². The van der Waals surface area contributed by atoms with Crippen LogP contribution in [-0.2, 0) is 0 Å². The molecule has 0 saturated heterocycles. The van der Waals surface area contributed by atoms with Crippen LogP contribution in [0.15, 0.2) is 0 Å². The summed E-state index contributed by atoms with van der Waals surface area (Å²) < 4.78 is 0. The zero-order valence-electron chi connectivity index (χ0n) is 3.96. The molecule has 0 aromatic heterocycles. The van der Waals surface area contributed by atoms with Gasteiger partial charge < -0.3 is 0 Å². The van der Waals surface area contributed by atoms with Crippen molar-refractivity contribution in [3.63, 3.8) is 0 Å². The van der Waals surface area contributed by atoms with E-state index < -0.39 is 10.8 Å². The van der Waals surface area contributed by atoms with Crippen LogP contribution in [0.2, 0.25) is 10.8 Å². The highest BCUT2D eigenvalue weighted by atomic mass is 13.9. The Bertz CT molecular complexity index is 51.6. The third-order valence-electron chi connectivity index (χ3n) is 0.577. The molecule has 5 heteroatoms.